The van der Waals surface area contributed by atoms with Crippen molar-refractivity contribution in [3.8, 4) is 17.1 Å². The Hall–Kier alpha value is -2.59. The van der Waals surface area contributed by atoms with Crippen LogP contribution in [0.1, 0.15) is 17.2 Å². The van der Waals surface area contributed by atoms with E-state index >= 15 is 0 Å². The number of hydrogen-bond donors (Lipinski definition) is 0. The summed E-state index contributed by atoms with van der Waals surface area (Å²) in [5.41, 5.74) is 2.91. The van der Waals surface area contributed by atoms with Crippen molar-refractivity contribution in [3.05, 3.63) is 63.8 Å². The van der Waals surface area contributed by atoms with Gasteiger partial charge in [-0.25, -0.2) is 0 Å². The van der Waals surface area contributed by atoms with Crippen LogP contribution in [0.25, 0.3) is 22.3 Å². The Balaban J connectivity index is 2.11. The van der Waals surface area contributed by atoms with Gasteiger partial charge in [0.2, 0.25) is 0 Å². The van der Waals surface area contributed by atoms with Crippen LogP contribution in [0.15, 0.2) is 51.7 Å². The molecule has 1 aliphatic rings. The topological polar surface area (TPSA) is 48.7 Å². The molecule has 1 unspecified atom stereocenters. The molecule has 0 bridgehead atoms. The van der Waals surface area contributed by atoms with E-state index in [1.165, 1.54) is 0 Å². The summed E-state index contributed by atoms with van der Waals surface area (Å²) >= 11 is 0. The highest BCUT2D eigenvalue weighted by Gasteiger charge is 2.34. The first kappa shape index (κ1) is 13.1. The fourth-order valence-corrected chi connectivity index (χ4v) is 3.09. The van der Waals surface area contributed by atoms with Crippen LogP contribution < -0.4 is 10.2 Å². The monoisotopic (exact) mass is 294 g/mol. The lowest BCUT2D eigenvalue weighted by Crippen LogP contribution is -2.13. The Morgan fingerprint density at radius 1 is 1.09 bits per heavy atom. The second-order valence-corrected chi connectivity index (χ2v) is 5.24. The third-order valence-electron chi connectivity index (χ3n) is 4.12. The van der Waals surface area contributed by atoms with Gasteiger partial charge in [0.15, 0.2) is 5.43 Å². The molecule has 22 heavy (non-hydrogen) atoms. The minimum absolute atomic E-state index is 0.0537. The molecule has 1 heterocycles. The number of fused-ring (bicyclic) bond motifs is 4. The molecular formula is C18H14O4. The third kappa shape index (κ3) is 1.64. The summed E-state index contributed by atoms with van der Waals surface area (Å²) in [4.78, 5) is 12.9. The van der Waals surface area contributed by atoms with Gasteiger partial charge in [0.1, 0.15) is 23.2 Å². The minimum atomic E-state index is -0.381. The molecule has 1 atom stereocenters. The molecule has 110 valence electrons. The maximum Gasteiger partial charge on any atom is 0.199 e. The molecule has 3 aromatic rings. The van der Waals surface area contributed by atoms with Gasteiger partial charge in [-0.3, -0.25) is 4.79 Å². The summed E-state index contributed by atoms with van der Waals surface area (Å²) in [6.45, 7) is 0. The van der Waals surface area contributed by atoms with Crippen molar-refractivity contribution in [2.75, 3.05) is 14.2 Å². The average Bonchev–Trinajstić information content (AvgIpc) is 2.88. The highest BCUT2D eigenvalue weighted by Crippen LogP contribution is 2.44. The van der Waals surface area contributed by atoms with Crippen molar-refractivity contribution in [1.29, 1.82) is 0 Å². The van der Waals surface area contributed by atoms with Crippen LogP contribution >= 0.6 is 0 Å². The van der Waals surface area contributed by atoms with Gasteiger partial charge in [-0.1, -0.05) is 24.3 Å². The van der Waals surface area contributed by atoms with Crippen molar-refractivity contribution in [2.45, 2.75) is 6.10 Å². The predicted molar refractivity (Wildman–Crippen MR) is 83.3 cm³/mol. The molecule has 0 saturated carbocycles. The maximum atomic E-state index is 12.9. The number of benzene rings is 2. The molecule has 1 aliphatic carbocycles. The lowest BCUT2D eigenvalue weighted by molar-refractivity contribution is 0.139. The highest BCUT2D eigenvalue weighted by molar-refractivity contribution is 5.84. The SMILES string of the molecule is COc1ccc2c(=O)c3c(oc2c1)-c1ccccc1C3OC. The first-order valence-electron chi connectivity index (χ1n) is 7.01. The average molecular weight is 294 g/mol. The first-order chi connectivity index (χ1) is 10.7. The zero-order valence-electron chi connectivity index (χ0n) is 12.3. The van der Waals surface area contributed by atoms with Crippen molar-refractivity contribution < 1.29 is 13.9 Å². The third-order valence-corrected chi connectivity index (χ3v) is 4.12. The van der Waals surface area contributed by atoms with Crippen LogP contribution in [0.2, 0.25) is 0 Å². The van der Waals surface area contributed by atoms with E-state index in [0.717, 1.165) is 11.1 Å². The Labute approximate surface area is 126 Å². The standard InChI is InChI=1S/C18H14O4/c1-20-10-7-8-13-14(9-10)22-18-12-6-4-3-5-11(12)17(21-2)15(18)16(13)19/h3-9,17H,1-2H3. The first-order valence-corrected chi connectivity index (χ1v) is 7.01. The van der Waals surface area contributed by atoms with Gasteiger partial charge >= 0.3 is 0 Å². The van der Waals surface area contributed by atoms with Crippen LogP contribution in [0, 0.1) is 0 Å². The van der Waals surface area contributed by atoms with Gasteiger partial charge in [0.05, 0.1) is 18.1 Å². The van der Waals surface area contributed by atoms with E-state index in [9.17, 15) is 4.79 Å². The largest absolute Gasteiger partial charge is 0.497 e. The second-order valence-electron chi connectivity index (χ2n) is 5.24. The van der Waals surface area contributed by atoms with E-state index in [1.54, 1.807) is 32.4 Å². The fourth-order valence-electron chi connectivity index (χ4n) is 3.09. The summed E-state index contributed by atoms with van der Waals surface area (Å²) in [5, 5.41) is 0.536. The molecule has 2 aromatic carbocycles. The smallest absolute Gasteiger partial charge is 0.199 e. The normalized spacial score (nSPS) is 15.6. The van der Waals surface area contributed by atoms with Crippen molar-refractivity contribution in [2.24, 2.45) is 0 Å². The van der Waals surface area contributed by atoms with E-state index in [1.807, 2.05) is 24.3 Å². The summed E-state index contributed by atoms with van der Waals surface area (Å²) in [7, 11) is 3.19. The number of hydrogen-bond acceptors (Lipinski definition) is 4. The Morgan fingerprint density at radius 2 is 1.91 bits per heavy atom. The molecule has 0 amide bonds. The van der Waals surface area contributed by atoms with Crippen LogP contribution in [0.3, 0.4) is 0 Å². The van der Waals surface area contributed by atoms with Gasteiger partial charge in [0.25, 0.3) is 0 Å². The number of ether oxygens (including phenoxy) is 2. The fraction of sp³-hybridized carbons (Fsp3) is 0.167. The predicted octanol–water partition coefficient (Wildman–Crippen LogP) is 3.52. The van der Waals surface area contributed by atoms with Crippen LogP contribution in [-0.4, -0.2) is 14.2 Å². The molecule has 0 radical (unpaired) electrons. The second kappa shape index (κ2) is 4.71. The molecule has 0 N–H and O–H groups in total. The maximum absolute atomic E-state index is 12.9. The Kier molecular flexibility index (Phi) is 2.81. The van der Waals surface area contributed by atoms with Gasteiger partial charge in [0, 0.05) is 18.7 Å². The van der Waals surface area contributed by atoms with Gasteiger partial charge in [-0.2, -0.15) is 0 Å². The molecule has 0 saturated heterocycles. The molecule has 4 heteroatoms. The van der Waals surface area contributed by atoms with Crippen molar-refractivity contribution in [3.63, 3.8) is 0 Å². The zero-order chi connectivity index (χ0) is 15.3. The van der Waals surface area contributed by atoms with Gasteiger partial charge in [-0.15, -0.1) is 0 Å². The lowest BCUT2D eigenvalue weighted by atomic mass is 10.1. The van der Waals surface area contributed by atoms with Crippen LogP contribution in [0.5, 0.6) is 5.75 Å². The van der Waals surface area contributed by atoms with Gasteiger partial charge < -0.3 is 13.9 Å². The molecule has 0 fully saturated rings. The van der Waals surface area contributed by atoms with Gasteiger partial charge in [-0.05, 0) is 17.7 Å². The highest BCUT2D eigenvalue weighted by atomic mass is 16.5. The summed E-state index contributed by atoms with van der Waals surface area (Å²) in [6, 6.07) is 13.0. The van der Waals surface area contributed by atoms with Crippen LogP contribution in [-0.2, 0) is 4.74 Å². The van der Waals surface area contributed by atoms with Crippen LogP contribution in [0.4, 0.5) is 0 Å². The van der Waals surface area contributed by atoms with E-state index < -0.39 is 0 Å². The summed E-state index contributed by atoms with van der Waals surface area (Å²) < 4.78 is 16.8. The molecular weight excluding hydrogens is 280 g/mol. The van der Waals surface area contributed by atoms with E-state index in [0.29, 0.717) is 28.0 Å². The molecule has 4 rings (SSSR count). The van der Waals surface area contributed by atoms with E-state index in [4.69, 9.17) is 13.9 Å². The quantitative estimate of drug-likeness (QED) is 0.725. The van der Waals surface area contributed by atoms with Crippen molar-refractivity contribution in [1.82, 2.24) is 0 Å². The Morgan fingerprint density at radius 3 is 2.68 bits per heavy atom. The molecule has 0 aliphatic heterocycles. The summed E-state index contributed by atoms with van der Waals surface area (Å²) in [5.74, 6) is 1.25. The van der Waals surface area contributed by atoms with E-state index in [-0.39, 0.29) is 11.5 Å². The Bertz CT molecular complexity index is 939. The number of rotatable bonds is 2. The zero-order valence-corrected chi connectivity index (χ0v) is 12.3. The van der Waals surface area contributed by atoms with Crippen molar-refractivity contribution >= 4 is 11.0 Å². The lowest BCUT2D eigenvalue weighted by Gasteiger charge is -2.10. The molecule has 4 nitrogen and oxygen atoms in total. The van der Waals surface area contributed by atoms with E-state index in [2.05, 4.69) is 0 Å². The summed E-state index contributed by atoms with van der Waals surface area (Å²) in [6.07, 6.45) is -0.381. The molecule has 1 aromatic heterocycles. The molecule has 0 spiro atoms. The number of methoxy groups -OCH3 is 2. The minimum Gasteiger partial charge on any atom is -0.497 e.